The molecule has 3 rings (SSSR count). The molecule has 122 valence electrons. The van der Waals surface area contributed by atoms with Crippen molar-refractivity contribution in [1.82, 2.24) is 9.97 Å². The highest BCUT2D eigenvalue weighted by Crippen LogP contribution is 2.27. The second kappa shape index (κ2) is 7.86. The summed E-state index contributed by atoms with van der Waals surface area (Å²) in [6.45, 7) is 7.63. The molecule has 0 unspecified atom stereocenters. The summed E-state index contributed by atoms with van der Waals surface area (Å²) in [5.74, 6) is 0.633. The molecule has 1 heterocycles. The van der Waals surface area contributed by atoms with E-state index >= 15 is 0 Å². The van der Waals surface area contributed by atoms with E-state index in [-0.39, 0.29) is 0 Å². The second-order valence-corrected chi connectivity index (χ2v) is 6.31. The quantitative estimate of drug-likeness (QED) is 0.477. The first kappa shape index (κ1) is 17.1. The van der Waals surface area contributed by atoms with Gasteiger partial charge in [0.2, 0.25) is 0 Å². The van der Waals surface area contributed by atoms with E-state index in [0.29, 0.717) is 5.82 Å². The average Bonchev–Trinajstić information content (AvgIpc) is 2.67. The molecule has 0 aliphatic heterocycles. The summed E-state index contributed by atoms with van der Waals surface area (Å²) in [4.78, 5) is 9.46. The number of rotatable bonds is 5. The molecule has 0 N–H and O–H groups in total. The summed E-state index contributed by atoms with van der Waals surface area (Å²) in [6, 6.07) is 20.2. The molecule has 0 spiro atoms. The fourth-order valence-corrected chi connectivity index (χ4v) is 2.73. The van der Waals surface area contributed by atoms with Crippen molar-refractivity contribution in [3.8, 4) is 22.5 Å². The maximum atomic E-state index is 4.73. The predicted molar refractivity (Wildman–Crippen MR) is 109 cm³/mol. The third-order valence-electron chi connectivity index (χ3n) is 3.71. The fourth-order valence-electron chi connectivity index (χ4n) is 2.46. The number of halogens is 1. The molecule has 3 heteroatoms. The molecular weight excluding hydrogens is 372 g/mol. The summed E-state index contributed by atoms with van der Waals surface area (Å²) in [5.41, 5.74) is 4.66. The Morgan fingerprint density at radius 1 is 0.840 bits per heavy atom. The Hall–Kier alpha value is -2.78. The zero-order valence-corrected chi connectivity index (χ0v) is 15.3. The van der Waals surface area contributed by atoms with Gasteiger partial charge < -0.3 is 0 Å². The van der Waals surface area contributed by atoms with Crippen LogP contribution in [-0.4, -0.2) is 9.97 Å². The van der Waals surface area contributed by atoms with Crippen LogP contribution < -0.4 is 0 Å². The van der Waals surface area contributed by atoms with Gasteiger partial charge in [0.15, 0.2) is 5.82 Å². The zero-order chi connectivity index (χ0) is 17.6. The van der Waals surface area contributed by atoms with Crippen LogP contribution in [-0.2, 0) is 0 Å². The Morgan fingerprint density at radius 2 is 1.44 bits per heavy atom. The topological polar surface area (TPSA) is 25.8 Å². The molecular formula is C22H17BrN2. The van der Waals surface area contributed by atoms with Crippen molar-refractivity contribution in [1.29, 1.82) is 0 Å². The minimum Gasteiger partial charge on any atom is -0.228 e. The van der Waals surface area contributed by atoms with Crippen molar-refractivity contribution in [2.24, 2.45) is 0 Å². The fraction of sp³-hybridized carbons (Fsp3) is 0. The van der Waals surface area contributed by atoms with Gasteiger partial charge in [-0.25, -0.2) is 9.97 Å². The normalized spacial score (nSPS) is 11.2. The molecule has 0 fully saturated rings. The van der Waals surface area contributed by atoms with E-state index in [2.05, 4.69) is 29.1 Å². The Morgan fingerprint density at radius 3 is 2.00 bits per heavy atom. The van der Waals surface area contributed by atoms with Crippen molar-refractivity contribution < 1.29 is 0 Å². The molecule has 0 radical (unpaired) electrons. The molecule has 0 saturated carbocycles. The molecule has 0 aliphatic carbocycles. The third-order valence-corrected chi connectivity index (χ3v) is 4.24. The van der Waals surface area contributed by atoms with E-state index in [9.17, 15) is 0 Å². The van der Waals surface area contributed by atoms with Crippen molar-refractivity contribution in [2.45, 2.75) is 0 Å². The third kappa shape index (κ3) is 4.01. The lowest BCUT2D eigenvalue weighted by molar-refractivity contribution is 1.13. The van der Waals surface area contributed by atoms with E-state index in [4.69, 9.17) is 9.97 Å². The van der Waals surface area contributed by atoms with Crippen LogP contribution in [0.4, 0.5) is 0 Å². The van der Waals surface area contributed by atoms with Gasteiger partial charge in [0, 0.05) is 21.2 Å². The molecule has 2 nitrogen and oxygen atoms in total. The molecule has 0 atom stereocenters. The molecule has 2 aromatic carbocycles. The van der Waals surface area contributed by atoms with E-state index < -0.39 is 0 Å². The van der Waals surface area contributed by atoms with E-state index in [1.165, 1.54) is 0 Å². The molecule has 0 bridgehead atoms. The number of aromatic nitrogens is 2. The molecule has 0 aliphatic rings. The van der Waals surface area contributed by atoms with Gasteiger partial charge in [-0.15, -0.1) is 0 Å². The summed E-state index contributed by atoms with van der Waals surface area (Å²) < 4.78 is 1.03. The molecule has 25 heavy (non-hydrogen) atoms. The monoisotopic (exact) mass is 388 g/mol. The summed E-state index contributed by atoms with van der Waals surface area (Å²) in [6.07, 6.45) is 5.33. The van der Waals surface area contributed by atoms with Crippen LogP contribution in [0, 0.1) is 0 Å². The summed E-state index contributed by atoms with van der Waals surface area (Å²) in [7, 11) is 0. The first-order chi connectivity index (χ1) is 12.2. The van der Waals surface area contributed by atoms with Crippen molar-refractivity contribution in [3.63, 3.8) is 0 Å². The van der Waals surface area contributed by atoms with Gasteiger partial charge in [-0.2, -0.15) is 0 Å². The minimum absolute atomic E-state index is 0.633. The van der Waals surface area contributed by atoms with Gasteiger partial charge in [0.05, 0.1) is 11.4 Å². The summed E-state index contributed by atoms with van der Waals surface area (Å²) >= 11 is 3.47. The Labute approximate surface area is 156 Å². The van der Waals surface area contributed by atoms with Gasteiger partial charge >= 0.3 is 0 Å². The van der Waals surface area contributed by atoms with Gasteiger partial charge in [-0.3, -0.25) is 0 Å². The van der Waals surface area contributed by atoms with Crippen LogP contribution in [0.3, 0.4) is 0 Å². The van der Waals surface area contributed by atoms with Gasteiger partial charge in [-0.1, -0.05) is 89.8 Å². The van der Waals surface area contributed by atoms with Crippen molar-refractivity contribution in [2.75, 3.05) is 0 Å². The van der Waals surface area contributed by atoms with Crippen molar-refractivity contribution >= 4 is 21.5 Å². The number of nitrogens with zero attached hydrogens (tertiary/aromatic N) is 2. The summed E-state index contributed by atoms with van der Waals surface area (Å²) in [5, 5.41) is 0. The molecule has 0 saturated heterocycles. The zero-order valence-electron chi connectivity index (χ0n) is 13.7. The van der Waals surface area contributed by atoms with Crippen molar-refractivity contribution in [3.05, 3.63) is 102 Å². The lowest BCUT2D eigenvalue weighted by Gasteiger charge is -2.09. The number of benzene rings is 2. The van der Waals surface area contributed by atoms with E-state index in [1.54, 1.807) is 12.2 Å². The standard InChI is InChI=1S/C22H17BrN2/c1-3-8-16(4-2)22-24-20(17-9-6-5-7-10-17)15-21(25-22)18-11-13-19(23)14-12-18/h3-15H,1-2H2/b16-8+. The SMILES string of the molecule is C=C/C=C(\C=C)c1nc(-c2ccccc2)cc(-c2ccc(Br)cc2)n1. The highest BCUT2D eigenvalue weighted by atomic mass is 79.9. The van der Waals surface area contributed by atoms with Crippen LogP contribution in [0.1, 0.15) is 5.82 Å². The average molecular weight is 389 g/mol. The molecule has 1 aromatic heterocycles. The highest BCUT2D eigenvalue weighted by molar-refractivity contribution is 9.10. The maximum Gasteiger partial charge on any atom is 0.160 e. The first-order valence-corrected chi connectivity index (χ1v) is 8.66. The lowest BCUT2D eigenvalue weighted by Crippen LogP contribution is -1.98. The Bertz CT molecular complexity index is 926. The highest BCUT2D eigenvalue weighted by Gasteiger charge is 2.10. The first-order valence-electron chi connectivity index (χ1n) is 7.87. The Balaban J connectivity index is 2.21. The molecule has 3 aromatic rings. The van der Waals surface area contributed by atoms with Crippen LogP contribution >= 0.6 is 15.9 Å². The van der Waals surface area contributed by atoms with Gasteiger partial charge in [0.1, 0.15) is 0 Å². The van der Waals surface area contributed by atoms with Crippen LogP contribution in [0.2, 0.25) is 0 Å². The van der Waals surface area contributed by atoms with Crippen LogP contribution in [0.25, 0.3) is 28.1 Å². The van der Waals surface area contributed by atoms with Gasteiger partial charge in [-0.05, 0) is 18.2 Å². The van der Waals surface area contributed by atoms with Crippen LogP contribution in [0.15, 0.2) is 96.5 Å². The van der Waals surface area contributed by atoms with E-state index in [0.717, 1.165) is 32.6 Å². The largest absolute Gasteiger partial charge is 0.228 e. The van der Waals surface area contributed by atoms with Gasteiger partial charge in [0.25, 0.3) is 0 Å². The number of hydrogen-bond donors (Lipinski definition) is 0. The number of allylic oxidation sites excluding steroid dienone is 4. The van der Waals surface area contributed by atoms with Crippen LogP contribution in [0.5, 0.6) is 0 Å². The lowest BCUT2D eigenvalue weighted by atomic mass is 10.1. The Kier molecular flexibility index (Phi) is 5.36. The minimum atomic E-state index is 0.633. The molecule has 0 amide bonds. The maximum absolute atomic E-state index is 4.73. The van der Waals surface area contributed by atoms with E-state index in [1.807, 2.05) is 66.7 Å². The number of hydrogen-bond acceptors (Lipinski definition) is 2. The second-order valence-electron chi connectivity index (χ2n) is 5.40. The predicted octanol–water partition coefficient (Wildman–Crippen LogP) is 6.33. The smallest absolute Gasteiger partial charge is 0.160 e.